The molecule has 142 valence electrons. The lowest BCUT2D eigenvalue weighted by Gasteiger charge is -2.12. The lowest BCUT2D eigenvalue weighted by Crippen LogP contribution is -2.12. The Balaban J connectivity index is 1.93. The number of nitrogens with zero attached hydrogens (tertiary/aromatic N) is 2. The van der Waals surface area contributed by atoms with Crippen molar-refractivity contribution >= 4 is 33.1 Å². The van der Waals surface area contributed by atoms with Gasteiger partial charge in [0.1, 0.15) is 10.7 Å². The maximum Gasteiger partial charge on any atom is 0.387 e. The monoisotopic (exact) mass is 393 g/mol. The number of aromatic nitrogens is 2. The Bertz CT molecular complexity index is 1020. The Kier molecular flexibility index (Phi) is 5.22. The minimum absolute atomic E-state index is 0.146. The Morgan fingerprint density at radius 1 is 1.19 bits per heavy atom. The molecule has 0 saturated carbocycles. The molecule has 1 amide bonds. The number of fused-ring (bicyclic) bond motifs is 1. The minimum Gasteiger partial charge on any atom is -0.493 e. The number of amides is 1. The molecule has 0 spiro atoms. The second-order valence-corrected chi connectivity index (χ2v) is 6.79. The van der Waals surface area contributed by atoms with Gasteiger partial charge in [0.25, 0.3) is 5.91 Å². The van der Waals surface area contributed by atoms with Gasteiger partial charge in [-0.3, -0.25) is 4.79 Å². The summed E-state index contributed by atoms with van der Waals surface area (Å²) >= 11 is 1.26. The van der Waals surface area contributed by atoms with E-state index in [1.807, 2.05) is 13.8 Å². The molecule has 0 unspecified atom stereocenters. The number of carbonyl (C=O) groups excluding carboxylic acids is 1. The van der Waals surface area contributed by atoms with Crippen LogP contribution in [0.3, 0.4) is 0 Å². The van der Waals surface area contributed by atoms with Crippen LogP contribution in [0.15, 0.2) is 18.2 Å². The normalized spacial score (nSPS) is 11.1. The first-order valence-corrected chi connectivity index (χ1v) is 8.80. The molecule has 1 aromatic carbocycles. The fourth-order valence-corrected chi connectivity index (χ4v) is 3.99. The second-order valence-electron chi connectivity index (χ2n) is 5.79. The molecule has 0 radical (unpaired) electrons. The lowest BCUT2D eigenvalue weighted by molar-refractivity contribution is -0.0511. The van der Waals surface area contributed by atoms with Crippen molar-refractivity contribution in [3.8, 4) is 11.5 Å². The van der Waals surface area contributed by atoms with Gasteiger partial charge in [0.05, 0.1) is 12.0 Å². The first-order valence-electron chi connectivity index (χ1n) is 7.98. The average Bonchev–Trinajstić information content (AvgIpc) is 2.91. The molecule has 6 nitrogen and oxygen atoms in total. The third-order valence-electron chi connectivity index (χ3n) is 3.93. The Morgan fingerprint density at radius 2 is 1.93 bits per heavy atom. The predicted molar refractivity (Wildman–Crippen MR) is 99.2 cm³/mol. The van der Waals surface area contributed by atoms with Crippen LogP contribution in [0.25, 0.3) is 10.2 Å². The first-order chi connectivity index (χ1) is 12.8. The van der Waals surface area contributed by atoms with Crippen molar-refractivity contribution in [3.63, 3.8) is 0 Å². The van der Waals surface area contributed by atoms with Gasteiger partial charge in [-0.15, -0.1) is 11.3 Å². The number of nitrogens with one attached hydrogen (secondary N) is 1. The number of hydrogen-bond acceptors (Lipinski definition) is 6. The number of aryl methyl sites for hydroxylation is 3. The van der Waals surface area contributed by atoms with Crippen LogP contribution in [0.1, 0.15) is 26.8 Å². The van der Waals surface area contributed by atoms with E-state index in [4.69, 9.17) is 4.74 Å². The first kappa shape index (κ1) is 19.0. The van der Waals surface area contributed by atoms with Crippen molar-refractivity contribution in [3.05, 3.63) is 40.2 Å². The molecular weight excluding hydrogens is 376 g/mol. The number of anilines is 1. The van der Waals surface area contributed by atoms with Gasteiger partial charge in [-0.1, -0.05) is 0 Å². The van der Waals surface area contributed by atoms with Crippen LogP contribution in [-0.2, 0) is 0 Å². The molecule has 3 aromatic rings. The number of halogens is 2. The quantitative estimate of drug-likeness (QED) is 0.692. The van der Waals surface area contributed by atoms with Crippen LogP contribution in [0.2, 0.25) is 0 Å². The van der Waals surface area contributed by atoms with Gasteiger partial charge in [-0.25, -0.2) is 9.97 Å². The van der Waals surface area contributed by atoms with E-state index in [9.17, 15) is 13.6 Å². The molecule has 0 fully saturated rings. The molecule has 0 atom stereocenters. The number of thiophene rings is 1. The van der Waals surface area contributed by atoms with Crippen LogP contribution in [-0.4, -0.2) is 29.6 Å². The molecule has 1 N–H and O–H groups in total. The Labute approximate surface area is 158 Å². The summed E-state index contributed by atoms with van der Waals surface area (Å²) in [6, 6.07) is 4.29. The van der Waals surface area contributed by atoms with Crippen molar-refractivity contribution < 1.29 is 23.0 Å². The van der Waals surface area contributed by atoms with Crippen molar-refractivity contribution in [2.75, 3.05) is 12.4 Å². The zero-order chi connectivity index (χ0) is 19.7. The number of carbonyl (C=O) groups is 1. The van der Waals surface area contributed by atoms with E-state index in [1.165, 1.54) is 30.6 Å². The van der Waals surface area contributed by atoms with Crippen LogP contribution >= 0.6 is 11.3 Å². The molecule has 27 heavy (non-hydrogen) atoms. The van der Waals surface area contributed by atoms with Crippen molar-refractivity contribution in [2.24, 2.45) is 0 Å². The third-order valence-corrected chi connectivity index (χ3v) is 5.11. The molecule has 2 heterocycles. The summed E-state index contributed by atoms with van der Waals surface area (Å²) in [5, 5.41) is 3.56. The fourth-order valence-electron chi connectivity index (χ4n) is 2.82. The van der Waals surface area contributed by atoms with Crippen LogP contribution in [0, 0.1) is 20.8 Å². The highest BCUT2D eigenvalue weighted by atomic mass is 32.1. The van der Waals surface area contributed by atoms with E-state index in [2.05, 4.69) is 20.0 Å². The smallest absolute Gasteiger partial charge is 0.387 e. The summed E-state index contributed by atoms with van der Waals surface area (Å²) in [7, 11) is 1.35. The summed E-state index contributed by atoms with van der Waals surface area (Å²) in [6.45, 7) is 2.50. The van der Waals surface area contributed by atoms with Crippen LogP contribution in [0.4, 0.5) is 14.5 Å². The number of ether oxygens (including phenoxy) is 2. The summed E-state index contributed by atoms with van der Waals surface area (Å²) in [5.41, 5.74) is 1.90. The standard InChI is InChI=1S/C18H17F2N3O3S/c1-8-14-9(2)21-10(3)22-17(14)27-15(8)16(24)23-11-5-6-12(25-4)13(7-11)26-18(19)20/h5-7,18H,1-4H3,(H,23,24). The van der Waals surface area contributed by atoms with Crippen molar-refractivity contribution in [2.45, 2.75) is 27.4 Å². The van der Waals surface area contributed by atoms with Gasteiger partial charge >= 0.3 is 6.61 Å². The van der Waals surface area contributed by atoms with Gasteiger partial charge in [-0.2, -0.15) is 8.78 Å². The van der Waals surface area contributed by atoms with E-state index < -0.39 is 6.61 Å². The van der Waals surface area contributed by atoms with E-state index in [-0.39, 0.29) is 17.4 Å². The molecule has 0 bridgehead atoms. The van der Waals surface area contributed by atoms with Gasteiger partial charge < -0.3 is 14.8 Å². The Hall–Kier alpha value is -2.81. The van der Waals surface area contributed by atoms with E-state index in [0.717, 1.165) is 21.5 Å². The van der Waals surface area contributed by atoms with Crippen molar-refractivity contribution in [1.29, 1.82) is 0 Å². The topological polar surface area (TPSA) is 73.3 Å². The number of benzene rings is 1. The molecule has 2 aromatic heterocycles. The molecule has 9 heteroatoms. The number of methoxy groups -OCH3 is 1. The zero-order valence-corrected chi connectivity index (χ0v) is 15.9. The lowest BCUT2D eigenvalue weighted by atomic mass is 10.1. The van der Waals surface area contributed by atoms with E-state index in [0.29, 0.717) is 16.4 Å². The number of hydrogen-bond donors (Lipinski definition) is 1. The summed E-state index contributed by atoms with van der Waals surface area (Å²) in [6.07, 6.45) is 0. The fraction of sp³-hybridized carbons (Fsp3) is 0.278. The molecule has 0 aliphatic heterocycles. The largest absolute Gasteiger partial charge is 0.493 e. The van der Waals surface area contributed by atoms with Gasteiger partial charge in [0.2, 0.25) is 0 Å². The highest BCUT2D eigenvalue weighted by molar-refractivity contribution is 7.20. The second kappa shape index (κ2) is 7.43. The van der Waals surface area contributed by atoms with Gasteiger partial charge in [0, 0.05) is 22.8 Å². The van der Waals surface area contributed by atoms with Crippen LogP contribution < -0.4 is 14.8 Å². The minimum atomic E-state index is -3.00. The van der Waals surface area contributed by atoms with Gasteiger partial charge in [-0.05, 0) is 38.5 Å². The Morgan fingerprint density at radius 3 is 2.59 bits per heavy atom. The SMILES string of the molecule is COc1ccc(NC(=O)c2sc3nc(C)nc(C)c3c2C)cc1OC(F)F. The van der Waals surface area contributed by atoms with Gasteiger partial charge in [0.15, 0.2) is 11.5 Å². The number of alkyl halides is 2. The third kappa shape index (κ3) is 3.82. The highest BCUT2D eigenvalue weighted by Gasteiger charge is 2.19. The molecule has 0 saturated heterocycles. The van der Waals surface area contributed by atoms with E-state index >= 15 is 0 Å². The summed E-state index contributed by atoms with van der Waals surface area (Å²) in [5.74, 6) is 0.265. The molecule has 0 aliphatic carbocycles. The number of rotatable bonds is 5. The summed E-state index contributed by atoms with van der Waals surface area (Å²) in [4.78, 5) is 22.7. The highest BCUT2D eigenvalue weighted by Crippen LogP contribution is 2.34. The molecular formula is C18H17F2N3O3S. The van der Waals surface area contributed by atoms with E-state index in [1.54, 1.807) is 13.0 Å². The average molecular weight is 393 g/mol. The zero-order valence-electron chi connectivity index (χ0n) is 15.1. The molecule has 0 aliphatic rings. The summed E-state index contributed by atoms with van der Waals surface area (Å²) < 4.78 is 34.6. The van der Waals surface area contributed by atoms with Crippen molar-refractivity contribution in [1.82, 2.24) is 9.97 Å². The predicted octanol–water partition coefficient (Wildman–Crippen LogP) is 4.48. The maximum absolute atomic E-state index is 12.7. The molecule has 3 rings (SSSR count). The maximum atomic E-state index is 12.7. The van der Waals surface area contributed by atoms with Crippen LogP contribution in [0.5, 0.6) is 11.5 Å².